The largest absolute Gasteiger partial charge is 0.349 e. The topological polar surface area (TPSA) is 50.2 Å². The SMILES string of the molecule is O=C(NCCN1CCCCC1)c1cc(-c2ccccc2)nn1-c1ccccc1. The number of hydrogen-bond acceptors (Lipinski definition) is 3. The second-order valence-electron chi connectivity index (χ2n) is 7.19. The van der Waals surface area contributed by atoms with E-state index in [2.05, 4.69) is 10.2 Å². The van der Waals surface area contributed by atoms with Crippen LogP contribution in [0.25, 0.3) is 16.9 Å². The van der Waals surface area contributed by atoms with Gasteiger partial charge in [0.05, 0.1) is 11.4 Å². The molecule has 0 saturated carbocycles. The number of aromatic nitrogens is 2. The molecule has 1 fully saturated rings. The lowest BCUT2D eigenvalue weighted by Crippen LogP contribution is -2.38. The van der Waals surface area contributed by atoms with E-state index in [4.69, 9.17) is 5.10 Å². The fourth-order valence-corrected chi connectivity index (χ4v) is 3.66. The van der Waals surface area contributed by atoms with Gasteiger partial charge in [0, 0.05) is 18.7 Å². The second-order valence-corrected chi connectivity index (χ2v) is 7.19. The maximum Gasteiger partial charge on any atom is 0.270 e. The molecule has 28 heavy (non-hydrogen) atoms. The minimum Gasteiger partial charge on any atom is -0.349 e. The zero-order valence-electron chi connectivity index (χ0n) is 16.1. The summed E-state index contributed by atoms with van der Waals surface area (Å²) in [6.07, 6.45) is 3.84. The summed E-state index contributed by atoms with van der Waals surface area (Å²) in [5.74, 6) is -0.0875. The number of hydrogen-bond donors (Lipinski definition) is 1. The molecule has 1 N–H and O–H groups in total. The van der Waals surface area contributed by atoms with Crippen molar-refractivity contribution >= 4 is 5.91 Å². The van der Waals surface area contributed by atoms with Crippen molar-refractivity contribution in [1.82, 2.24) is 20.0 Å². The summed E-state index contributed by atoms with van der Waals surface area (Å²) in [6, 6.07) is 21.6. The van der Waals surface area contributed by atoms with Gasteiger partial charge in [-0.3, -0.25) is 4.79 Å². The van der Waals surface area contributed by atoms with Crippen LogP contribution in [0.5, 0.6) is 0 Å². The molecule has 2 heterocycles. The third-order valence-corrected chi connectivity index (χ3v) is 5.17. The maximum atomic E-state index is 12.9. The van der Waals surface area contributed by atoms with Crippen molar-refractivity contribution in [2.45, 2.75) is 19.3 Å². The molecule has 1 aliphatic heterocycles. The van der Waals surface area contributed by atoms with Gasteiger partial charge in [-0.05, 0) is 44.1 Å². The molecule has 0 radical (unpaired) electrons. The lowest BCUT2D eigenvalue weighted by molar-refractivity contribution is 0.0939. The zero-order valence-corrected chi connectivity index (χ0v) is 16.1. The lowest BCUT2D eigenvalue weighted by atomic mass is 10.1. The molecule has 2 aromatic carbocycles. The number of para-hydroxylation sites is 1. The Morgan fingerprint density at radius 1 is 0.929 bits per heavy atom. The standard InChI is InChI=1S/C23H26N4O/c28-23(24-14-17-26-15-8-3-9-16-26)22-18-21(19-10-4-1-5-11-19)25-27(22)20-12-6-2-7-13-20/h1-2,4-7,10-13,18H,3,8-9,14-17H2,(H,24,28). The van der Waals surface area contributed by atoms with Crippen LogP contribution in [0.2, 0.25) is 0 Å². The van der Waals surface area contributed by atoms with Gasteiger partial charge < -0.3 is 10.2 Å². The minimum atomic E-state index is -0.0875. The van der Waals surface area contributed by atoms with Crippen LogP contribution in [-0.2, 0) is 0 Å². The van der Waals surface area contributed by atoms with E-state index in [1.807, 2.05) is 66.7 Å². The van der Waals surface area contributed by atoms with Crippen LogP contribution in [-0.4, -0.2) is 46.8 Å². The Labute approximate surface area is 166 Å². The Hall–Kier alpha value is -2.92. The van der Waals surface area contributed by atoms with Crippen LogP contribution < -0.4 is 5.32 Å². The lowest BCUT2D eigenvalue weighted by Gasteiger charge is -2.26. The van der Waals surface area contributed by atoms with Crippen LogP contribution in [0, 0.1) is 0 Å². The van der Waals surface area contributed by atoms with Crippen molar-refractivity contribution < 1.29 is 4.79 Å². The summed E-state index contributed by atoms with van der Waals surface area (Å²) in [7, 11) is 0. The number of piperidine rings is 1. The maximum absolute atomic E-state index is 12.9. The van der Waals surface area contributed by atoms with Crippen molar-refractivity contribution in [2.75, 3.05) is 26.2 Å². The van der Waals surface area contributed by atoms with Gasteiger partial charge in [-0.25, -0.2) is 4.68 Å². The molecule has 1 amide bonds. The number of benzene rings is 2. The molecule has 144 valence electrons. The van der Waals surface area contributed by atoms with Gasteiger partial charge >= 0.3 is 0 Å². The normalized spacial score (nSPS) is 14.7. The van der Waals surface area contributed by atoms with E-state index in [0.717, 1.165) is 36.6 Å². The highest BCUT2D eigenvalue weighted by Crippen LogP contribution is 2.21. The van der Waals surface area contributed by atoms with Crippen molar-refractivity contribution in [3.05, 3.63) is 72.4 Å². The predicted octanol–water partition coefficient (Wildman–Crippen LogP) is 3.76. The first-order chi connectivity index (χ1) is 13.8. The molecule has 0 bridgehead atoms. The Morgan fingerprint density at radius 2 is 1.61 bits per heavy atom. The molecule has 3 aromatic rings. The number of carbonyl (C=O) groups is 1. The summed E-state index contributed by atoms with van der Waals surface area (Å²) < 4.78 is 1.73. The highest BCUT2D eigenvalue weighted by molar-refractivity contribution is 5.94. The summed E-state index contributed by atoms with van der Waals surface area (Å²) in [4.78, 5) is 15.4. The molecular formula is C23H26N4O. The van der Waals surface area contributed by atoms with Gasteiger partial charge in [-0.2, -0.15) is 5.10 Å². The zero-order chi connectivity index (χ0) is 19.2. The number of amides is 1. The van der Waals surface area contributed by atoms with E-state index in [1.165, 1.54) is 19.3 Å². The number of carbonyl (C=O) groups excluding carboxylic acids is 1. The van der Waals surface area contributed by atoms with Crippen LogP contribution in [0.1, 0.15) is 29.8 Å². The predicted molar refractivity (Wildman–Crippen MR) is 112 cm³/mol. The number of rotatable bonds is 6. The number of likely N-dealkylation sites (tertiary alicyclic amines) is 1. The first-order valence-electron chi connectivity index (χ1n) is 10.0. The Balaban J connectivity index is 1.54. The van der Waals surface area contributed by atoms with Crippen molar-refractivity contribution in [3.8, 4) is 16.9 Å². The first-order valence-corrected chi connectivity index (χ1v) is 10.0. The minimum absolute atomic E-state index is 0.0875. The fourth-order valence-electron chi connectivity index (χ4n) is 3.66. The molecule has 0 atom stereocenters. The fraction of sp³-hybridized carbons (Fsp3) is 0.304. The number of nitrogens with zero attached hydrogens (tertiary/aromatic N) is 3. The third kappa shape index (κ3) is 4.31. The highest BCUT2D eigenvalue weighted by atomic mass is 16.2. The average molecular weight is 374 g/mol. The van der Waals surface area contributed by atoms with Gasteiger partial charge in [-0.15, -0.1) is 0 Å². The summed E-state index contributed by atoms with van der Waals surface area (Å²) in [5, 5.41) is 7.79. The van der Waals surface area contributed by atoms with E-state index in [0.29, 0.717) is 12.2 Å². The Kier molecular flexibility index (Phi) is 5.83. The van der Waals surface area contributed by atoms with E-state index in [9.17, 15) is 4.79 Å². The van der Waals surface area contributed by atoms with Crippen LogP contribution >= 0.6 is 0 Å². The second kappa shape index (κ2) is 8.85. The molecule has 5 heteroatoms. The van der Waals surface area contributed by atoms with E-state index in [-0.39, 0.29) is 5.91 Å². The van der Waals surface area contributed by atoms with Gasteiger partial charge in [-0.1, -0.05) is 55.0 Å². The average Bonchev–Trinajstić information content (AvgIpc) is 3.21. The first kappa shape index (κ1) is 18.4. The highest BCUT2D eigenvalue weighted by Gasteiger charge is 2.18. The Morgan fingerprint density at radius 3 is 2.32 bits per heavy atom. The molecule has 1 aliphatic rings. The molecule has 1 aromatic heterocycles. The van der Waals surface area contributed by atoms with Gasteiger partial charge in [0.2, 0.25) is 0 Å². The van der Waals surface area contributed by atoms with Crippen molar-refractivity contribution in [3.63, 3.8) is 0 Å². The van der Waals surface area contributed by atoms with Gasteiger partial charge in [0.15, 0.2) is 0 Å². The molecule has 4 rings (SSSR count). The molecule has 5 nitrogen and oxygen atoms in total. The molecular weight excluding hydrogens is 348 g/mol. The Bertz CT molecular complexity index is 899. The molecule has 0 aliphatic carbocycles. The summed E-state index contributed by atoms with van der Waals surface area (Å²) in [6.45, 7) is 3.82. The monoisotopic (exact) mass is 374 g/mol. The van der Waals surface area contributed by atoms with Crippen LogP contribution in [0.15, 0.2) is 66.7 Å². The van der Waals surface area contributed by atoms with Crippen molar-refractivity contribution in [1.29, 1.82) is 0 Å². The van der Waals surface area contributed by atoms with Gasteiger partial charge in [0.1, 0.15) is 5.69 Å². The third-order valence-electron chi connectivity index (χ3n) is 5.17. The van der Waals surface area contributed by atoms with Crippen LogP contribution in [0.4, 0.5) is 0 Å². The molecule has 0 spiro atoms. The van der Waals surface area contributed by atoms with Crippen molar-refractivity contribution in [2.24, 2.45) is 0 Å². The van der Waals surface area contributed by atoms with E-state index in [1.54, 1.807) is 4.68 Å². The molecule has 1 saturated heterocycles. The quantitative estimate of drug-likeness (QED) is 0.715. The van der Waals surface area contributed by atoms with Crippen LogP contribution in [0.3, 0.4) is 0 Å². The van der Waals surface area contributed by atoms with Gasteiger partial charge in [0.25, 0.3) is 5.91 Å². The smallest absolute Gasteiger partial charge is 0.270 e. The summed E-state index contributed by atoms with van der Waals surface area (Å²) >= 11 is 0. The van der Waals surface area contributed by atoms with E-state index < -0.39 is 0 Å². The van der Waals surface area contributed by atoms with E-state index >= 15 is 0 Å². The number of nitrogens with one attached hydrogen (secondary N) is 1. The summed E-state index contributed by atoms with van der Waals surface area (Å²) in [5.41, 5.74) is 3.24. The molecule has 0 unspecified atom stereocenters.